The van der Waals surface area contributed by atoms with Gasteiger partial charge in [0.05, 0.1) is 0 Å². The van der Waals surface area contributed by atoms with Crippen molar-refractivity contribution in [2.75, 3.05) is 11.8 Å². The molecule has 0 unspecified atom stereocenters. The van der Waals surface area contributed by atoms with Gasteiger partial charge in [0, 0.05) is 11.8 Å². The second-order valence-electron chi connectivity index (χ2n) is 1.10. The van der Waals surface area contributed by atoms with Crippen molar-refractivity contribution in [3.05, 3.63) is 12.2 Å². The molecule has 0 heterocycles. The lowest BCUT2D eigenvalue weighted by Gasteiger charge is -1.77. The molecule has 0 aliphatic heterocycles. The summed E-state index contributed by atoms with van der Waals surface area (Å²) in [5.41, 5.74) is 0. The largest absolute Gasteiger partial charge is 0.126 e. The summed E-state index contributed by atoms with van der Waals surface area (Å²) in [7, 11) is 0. The molecule has 0 aliphatic carbocycles. The molecular formula is C5H8Cl2. The van der Waals surface area contributed by atoms with E-state index in [4.69, 9.17) is 23.2 Å². The number of allylic oxidation sites excluding steroid dienone is 2. The standard InChI is InChI=1S/C5H8Cl2/c6-4-2-1-3-5-7/h1-2H,3-5H2/b2-1-. The first kappa shape index (κ1) is 7.32. The van der Waals surface area contributed by atoms with Crippen LogP contribution < -0.4 is 0 Å². The van der Waals surface area contributed by atoms with Crippen LogP contribution in [0.5, 0.6) is 0 Å². The van der Waals surface area contributed by atoms with Crippen molar-refractivity contribution >= 4 is 23.2 Å². The second-order valence-corrected chi connectivity index (χ2v) is 1.79. The van der Waals surface area contributed by atoms with E-state index in [0.29, 0.717) is 11.8 Å². The van der Waals surface area contributed by atoms with Gasteiger partial charge in [-0.15, -0.1) is 23.2 Å². The molecule has 0 N–H and O–H groups in total. The molecule has 0 nitrogen and oxygen atoms in total. The summed E-state index contributed by atoms with van der Waals surface area (Å²) in [4.78, 5) is 0. The average molecular weight is 139 g/mol. The molecule has 0 amide bonds. The lowest BCUT2D eigenvalue weighted by Crippen LogP contribution is -1.65. The third kappa shape index (κ3) is 6.32. The van der Waals surface area contributed by atoms with Gasteiger partial charge in [0.25, 0.3) is 0 Å². The Hall–Kier alpha value is 0.320. The number of alkyl halides is 2. The van der Waals surface area contributed by atoms with Crippen molar-refractivity contribution in [1.82, 2.24) is 0 Å². The number of halogens is 2. The summed E-state index contributed by atoms with van der Waals surface area (Å²) in [6.07, 6.45) is 4.79. The van der Waals surface area contributed by atoms with E-state index in [0.717, 1.165) is 6.42 Å². The van der Waals surface area contributed by atoms with Gasteiger partial charge in [0.15, 0.2) is 0 Å². The topological polar surface area (TPSA) is 0 Å². The Morgan fingerprint density at radius 1 is 1.14 bits per heavy atom. The Balaban J connectivity index is 2.78. The molecule has 0 fully saturated rings. The van der Waals surface area contributed by atoms with E-state index in [-0.39, 0.29) is 0 Å². The van der Waals surface area contributed by atoms with Crippen LogP contribution in [0, 0.1) is 0 Å². The molecule has 0 saturated carbocycles. The molecule has 2 heteroatoms. The van der Waals surface area contributed by atoms with Crippen molar-refractivity contribution in [2.24, 2.45) is 0 Å². The van der Waals surface area contributed by atoms with Gasteiger partial charge in [-0.1, -0.05) is 12.2 Å². The van der Waals surface area contributed by atoms with Crippen LogP contribution in [0.2, 0.25) is 0 Å². The maximum Gasteiger partial charge on any atom is 0.0404 e. The third-order valence-corrected chi connectivity index (χ3v) is 0.928. The fourth-order valence-electron chi connectivity index (χ4n) is 0.244. The number of rotatable bonds is 3. The van der Waals surface area contributed by atoms with Gasteiger partial charge in [-0.3, -0.25) is 0 Å². The fourth-order valence-corrected chi connectivity index (χ4v) is 0.496. The van der Waals surface area contributed by atoms with Crippen LogP contribution in [0.25, 0.3) is 0 Å². The van der Waals surface area contributed by atoms with Crippen LogP contribution in [-0.2, 0) is 0 Å². The van der Waals surface area contributed by atoms with E-state index in [2.05, 4.69) is 0 Å². The highest BCUT2D eigenvalue weighted by atomic mass is 35.5. The molecule has 0 aliphatic rings. The summed E-state index contributed by atoms with van der Waals surface area (Å²) >= 11 is 10.7. The van der Waals surface area contributed by atoms with Crippen LogP contribution in [0.4, 0.5) is 0 Å². The monoisotopic (exact) mass is 138 g/mol. The van der Waals surface area contributed by atoms with E-state index in [1.54, 1.807) is 0 Å². The van der Waals surface area contributed by atoms with Gasteiger partial charge in [-0.25, -0.2) is 0 Å². The normalized spacial score (nSPS) is 10.6. The SMILES string of the molecule is ClC/C=C\CCCl. The molecular weight excluding hydrogens is 131 g/mol. The molecule has 42 valence electrons. The maximum absolute atomic E-state index is 5.34. The molecule has 0 spiro atoms. The van der Waals surface area contributed by atoms with Gasteiger partial charge in [-0.2, -0.15) is 0 Å². The molecule has 0 radical (unpaired) electrons. The molecule has 0 bridgehead atoms. The molecule has 0 aromatic rings. The van der Waals surface area contributed by atoms with Crippen LogP contribution in [0.15, 0.2) is 12.2 Å². The fraction of sp³-hybridized carbons (Fsp3) is 0.600. The minimum Gasteiger partial charge on any atom is -0.126 e. The lowest BCUT2D eigenvalue weighted by molar-refractivity contribution is 1.23. The Bertz CT molecular complexity index is 50.0. The first-order valence-corrected chi connectivity index (χ1v) is 3.25. The molecule has 0 saturated heterocycles. The van der Waals surface area contributed by atoms with Gasteiger partial charge in [0.1, 0.15) is 0 Å². The Kier molecular flexibility index (Phi) is 6.61. The van der Waals surface area contributed by atoms with Crippen LogP contribution in [0.3, 0.4) is 0 Å². The summed E-state index contributed by atoms with van der Waals surface area (Å²) in [5, 5.41) is 0. The predicted octanol–water partition coefficient (Wildman–Crippen LogP) is 2.41. The molecule has 0 aromatic carbocycles. The minimum absolute atomic E-state index is 0.594. The highest BCUT2D eigenvalue weighted by molar-refractivity contribution is 6.19. The Morgan fingerprint density at radius 3 is 2.29 bits per heavy atom. The van der Waals surface area contributed by atoms with Crippen molar-refractivity contribution in [1.29, 1.82) is 0 Å². The van der Waals surface area contributed by atoms with Gasteiger partial charge >= 0.3 is 0 Å². The van der Waals surface area contributed by atoms with Crippen LogP contribution in [0.1, 0.15) is 6.42 Å². The zero-order valence-corrected chi connectivity index (χ0v) is 5.54. The minimum atomic E-state index is 0.594. The van der Waals surface area contributed by atoms with Crippen molar-refractivity contribution in [2.45, 2.75) is 6.42 Å². The summed E-state index contributed by atoms with van der Waals surface area (Å²) in [6, 6.07) is 0. The van der Waals surface area contributed by atoms with Gasteiger partial charge < -0.3 is 0 Å². The van der Waals surface area contributed by atoms with E-state index in [9.17, 15) is 0 Å². The summed E-state index contributed by atoms with van der Waals surface area (Å²) in [6.45, 7) is 0. The smallest absolute Gasteiger partial charge is 0.0404 e. The second kappa shape index (κ2) is 6.32. The van der Waals surface area contributed by atoms with Crippen molar-refractivity contribution < 1.29 is 0 Å². The maximum atomic E-state index is 5.34. The van der Waals surface area contributed by atoms with Crippen LogP contribution in [-0.4, -0.2) is 11.8 Å². The number of hydrogen-bond acceptors (Lipinski definition) is 0. The highest BCUT2D eigenvalue weighted by Crippen LogP contribution is 1.86. The summed E-state index contributed by atoms with van der Waals surface area (Å²) < 4.78 is 0. The Labute approximate surface area is 54.1 Å². The van der Waals surface area contributed by atoms with Crippen molar-refractivity contribution in [3.63, 3.8) is 0 Å². The molecule has 0 aromatic heterocycles. The van der Waals surface area contributed by atoms with E-state index in [1.807, 2.05) is 12.2 Å². The zero-order valence-electron chi connectivity index (χ0n) is 4.03. The van der Waals surface area contributed by atoms with E-state index >= 15 is 0 Å². The quantitative estimate of drug-likeness (QED) is 0.416. The first-order valence-electron chi connectivity index (χ1n) is 2.18. The summed E-state index contributed by atoms with van der Waals surface area (Å²) in [5.74, 6) is 1.28. The van der Waals surface area contributed by atoms with E-state index in [1.165, 1.54) is 0 Å². The lowest BCUT2D eigenvalue weighted by atomic mass is 10.4. The molecule has 7 heavy (non-hydrogen) atoms. The number of hydrogen-bond donors (Lipinski definition) is 0. The van der Waals surface area contributed by atoms with Gasteiger partial charge in [0.2, 0.25) is 0 Å². The van der Waals surface area contributed by atoms with Crippen molar-refractivity contribution in [3.8, 4) is 0 Å². The third-order valence-electron chi connectivity index (χ3n) is 0.532. The predicted molar refractivity (Wildman–Crippen MR) is 35.2 cm³/mol. The first-order chi connectivity index (χ1) is 3.41. The van der Waals surface area contributed by atoms with Gasteiger partial charge in [-0.05, 0) is 6.42 Å². The van der Waals surface area contributed by atoms with E-state index < -0.39 is 0 Å². The highest BCUT2D eigenvalue weighted by Gasteiger charge is 1.70. The zero-order chi connectivity index (χ0) is 5.54. The van der Waals surface area contributed by atoms with Crippen LogP contribution >= 0.6 is 23.2 Å². The molecule has 0 rings (SSSR count). The molecule has 0 atom stereocenters. The Morgan fingerprint density at radius 2 is 1.86 bits per heavy atom. The average Bonchev–Trinajstić information content (AvgIpc) is 1.69.